The van der Waals surface area contributed by atoms with Gasteiger partial charge in [0.2, 0.25) is 5.69 Å². The third-order valence-electron chi connectivity index (χ3n) is 8.23. The van der Waals surface area contributed by atoms with E-state index < -0.39 is 0 Å². The maximum atomic E-state index is 5.26. The normalized spacial score (nSPS) is 18.5. The van der Waals surface area contributed by atoms with E-state index in [1.807, 2.05) is 6.08 Å². The Morgan fingerprint density at radius 2 is 1.61 bits per heavy atom. The zero-order valence-electron chi connectivity index (χ0n) is 22.4. The van der Waals surface area contributed by atoms with Gasteiger partial charge in [-0.2, -0.15) is 4.57 Å². The molecule has 2 aliphatic heterocycles. The van der Waals surface area contributed by atoms with Crippen molar-refractivity contribution < 1.29 is 4.57 Å². The Kier molecular flexibility index (Phi) is 6.41. The molecule has 1 aromatic heterocycles. The number of pyridine rings is 1. The number of rotatable bonds is 3. The van der Waals surface area contributed by atoms with E-state index in [9.17, 15) is 0 Å². The number of hydrogen-bond donors (Lipinski definition) is 0. The Hall–Kier alpha value is -4.04. The fourth-order valence-electron chi connectivity index (χ4n) is 6.30. The standard InChI is InChI=1S/C36H35N2/c1-5-34-30-18-12-11-17-29(30)31-20-19-27-15-9-10-16-28(27)36-22-32(26-13-7-6-8-14-26)33(24(2)3)23-38(36)25(4)21-35(31)37-34/h5-18,22-24,31,35H,1,4,19-21H2,2-3H3/q+1. The average molecular weight is 496 g/mol. The number of hydrogen-bond acceptors (Lipinski definition) is 1. The third kappa shape index (κ3) is 4.24. The molecule has 2 nitrogen and oxygen atoms in total. The maximum Gasteiger partial charge on any atom is 0.219 e. The van der Waals surface area contributed by atoms with Gasteiger partial charge < -0.3 is 0 Å². The zero-order valence-corrected chi connectivity index (χ0v) is 22.4. The summed E-state index contributed by atoms with van der Waals surface area (Å²) in [5.74, 6) is 0.719. The molecule has 0 aliphatic carbocycles. The summed E-state index contributed by atoms with van der Waals surface area (Å²) in [6.45, 7) is 13.3. The molecule has 2 aliphatic rings. The number of aromatic nitrogens is 1. The molecule has 2 heteroatoms. The molecule has 0 N–H and O–H groups in total. The van der Waals surface area contributed by atoms with Gasteiger partial charge in [0.25, 0.3) is 0 Å². The number of aryl methyl sites for hydroxylation is 1. The Morgan fingerprint density at radius 1 is 0.895 bits per heavy atom. The molecule has 0 radical (unpaired) electrons. The average Bonchev–Trinajstić information content (AvgIpc) is 2.95. The molecule has 0 spiro atoms. The first kappa shape index (κ1) is 24.3. The van der Waals surface area contributed by atoms with E-state index in [4.69, 9.17) is 4.99 Å². The lowest BCUT2D eigenvalue weighted by Crippen LogP contribution is -2.39. The minimum atomic E-state index is 0.132. The van der Waals surface area contributed by atoms with Gasteiger partial charge in [-0.05, 0) is 59.7 Å². The number of benzene rings is 3. The molecule has 0 fully saturated rings. The molecular formula is C36H35N2+. The minimum absolute atomic E-state index is 0.132. The highest BCUT2D eigenvalue weighted by atomic mass is 15.0. The Bertz CT molecular complexity index is 1560. The van der Waals surface area contributed by atoms with Crippen molar-refractivity contribution in [2.24, 2.45) is 4.99 Å². The van der Waals surface area contributed by atoms with Crippen LogP contribution in [0.4, 0.5) is 0 Å². The Morgan fingerprint density at radius 3 is 2.37 bits per heavy atom. The van der Waals surface area contributed by atoms with E-state index in [2.05, 4.69) is 123 Å². The first-order chi connectivity index (χ1) is 18.5. The van der Waals surface area contributed by atoms with Gasteiger partial charge in [-0.3, -0.25) is 4.99 Å². The predicted molar refractivity (Wildman–Crippen MR) is 160 cm³/mol. The highest BCUT2D eigenvalue weighted by Gasteiger charge is 2.35. The molecule has 38 heavy (non-hydrogen) atoms. The SMILES string of the molecule is C=CC1=NC2CC(=C)[n+]3cc(C(C)C)c(-c4ccccc4)cc3-c3ccccc3CCC2c2ccccc21. The summed E-state index contributed by atoms with van der Waals surface area (Å²) < 4.78 is 2.35. The fourth-order valence-corrected chi connectivity index (χ4v) is 6.30. The fraction of sp³-hybridized carbons (Fsp3) is 0.222. The van der Waals surface area contributed by atoms with Gasteiger partial charge in [0.05, 0.1) is 18.2 Å². The van der Waals surface area contributed by atoms with Crippen molar-refractivity contribution in [1.82, 2.24) is 0 Å². The molecule has 3 heterocycles. The van der Waals surface area contributed by atoms with Crippen LogP contribution in [0.3, 0.4) is 0 Å². The van der Waals surface area contributed by atoms with Crippen molar-refractivity contribution in [3.63, 3.8) is 0 Å². The number of fused-ring (bicyclic) bond motifs is 6. The maximum absolute atomic E-state index is 5.26. The van der Waals surface area contributed by atoms with Gasteiger partial charge in [-0.1, -0.05) is 93.2 Å². The largest absolute Gasteiger partial charge is 0.280 e. The number of aliphatic imine (C=N–C) groups is 1. The van der Waals surface area contributed by atoms with Crippen LogP contribution in [0.5, 0.6) is 0 Å². The summed E-state index contributed by atoms with van der Waals surface area (Å²) >= 11 is 0. The smallest absolute Gasteiger partial charge is 0.219 e. The van der Waals surface area contributed by atoms with E-state index in [0.717, 1.165) is 30.7 Å². The van der Waals surface area contributed by atoms with Gasteiger partial charge in [-0.15, -0.1) is 0 Å². The first-order valence-corrected chi connectivity index (χ1v) is 13.8. The zero-order chi connectivity index (χ0) is 26.2. The van der Waals surface area contributed by atoms with Gasteiger partial charge in [0, 0.05) is 28.7 Å². The summed E-state index contributed by atoms with van der Waals surface area (Å²) in [7, 11) is 0. The highest BCUT2D eigenvalue weighted by molar-refractivity contribution is 6.10. The molecule has 0 saturated heterocycles. The van der Waals surface area contributed by atoms with Crippen molar-refractivity contribution in [3.8, 4) is 22.4 Å². The van der Waals surface area contributed by atoms with Crippen LogP contribution >= 0.6 is 0 Å². The highest BCUT2D eigenvalue weighted by Crippen LogP contribution is 2.40. The van der Waals surface area contributed by atoms with Gasteiger partial charge >= 0.3 is 0 Å². The molecule has 0 amide bonds. The van der Waals surface area contributed by atoms with Crippen LogP contribution in [-0.4, -0.2) is 11.8 Å². The third-order valence-corrected chi connectivity index (χ3v) is 8.23. The van der Waals surface area contributed by atoms with E-state index in [0.29, 0.717) is 11.8 Å². The molecule has 2 unspecified atom stereocenters. The van der Waals surface area contributed by atoms with Crippen molar-refractivity contribution in [1.29, 1.82) is 0 Å². The topological polar surface area (TPSA) is 16.2 Å². The van der Waals surface area contributed by atoms with Gasteiger partial charge in [0.15, 0.2) is 11.9 Å². The number of allylic oxidation sites excluding steroid dienone is 1. The van der Waals surface area contributed by atoms with Crippen LogP contribution in [0.15, 0.2) is 115 Å². The van der Waals surface area contributed by atoms with Crippen LogP contribution in [0.25, 0.3) is 28.1 Å². The number of nitrogens with zero attached hydrogens (tertiary/aromatic N) is 2. The molecule has 0 bridgehead atoms. The lowest BCUT2D eigenvalue weighted by molar-refractivity contribution is -0.571. The summed E-state index contributed by atoms with van der Waals surface area (Å²) in [4.78, 5) is 5.26. The molecule has 2 atom stereocenters. The van der Waals surface area contributed by atoms with Gasteiger partial charge in [-0.25, -0.2) is 0 Å². The first-order valence-electron chi connectivity index (χ1n) is 13.8. The van der Waals surface area contributed by atoms with Crippen LogP contribution < -0.4 is 4.57 Å². The lowest BCUT2D eigenvalue weighted by Gasteiger charge is -2.32. The molecule has 188 valence electrons. The minimum Gasteiger partial charge on any atom is -0.280 e. The van der Waals surface area contributed by atoms with Crippen molar-refractivity contribution >= 4 is 11.4 Å². The quantitative estimate of drug-likeness (QED) is 0.254. The van der Waals surface area contributed by atoms with Crippen LogP contribution in [-0.2, 0) is 6.42 Å². The summed E-state index contributed by atoms with van der Waals surface area (Å²) in [5.41, 5.74) is 12.4. The second kappa shape index (κ2) is 10.0. The van der Waals surface area contributed by atoms with Crippen LogP contribution in [0.2, 0.25) is 0 Å². The molecule has 0 saturated carbocycles. The molecule has 6 rings (SSSR count). The van der Waals surface area contributed by atoms with Crippen LogP contribution in [0.1, 0.15) is 60.8 Å². The molecular weight excluding hydrogens is 460 g/mol. The monoisotopic (exact) mass is 495 g/mol. The second-order valence-corrected chi connectivity index (χ2v) is 10.9. The Labute approximate surface area is 226 Å². The summed E-state index contributed by atoms with van der Waals surface area (Å²) in [6, 6.07) is 31.0. The van der Waals surface area contributed by atoms with Crippen LogP contribution in [0, 0.1) is 0 Å². The van der Waals surface area contributed by atoms with E-state index in [1.165, 1.54) is 44.6 Å². The van der Waals surface area contributed by atoms with Crippen molar-refractivity contribution in [2.75, 3.05) is 0 Å². The van der Waals surface area contributed by atoms with E-state index in [1.54, 1.807) is 0 Å². The second-order valence-electron chi connectivity index (χ2n) is 10.9. The summed E-state index contributed by atoms with van der Waals surface area (Å²) in [5, 5.41) is 0. The van der Waals surface area contributed by atoms with Crippen molar-refractivity contribution in [2.45, 2.75) is 51.0 Å². The van der Waals surface area contributed by atoms with E-state index >= 15 is 0 Å². The van der Waals surface area contributed by atoms with Gasteiger partial charge in [0.1, 0.15) is 0 Å². The van der Waals surface area contributed by atoms with E-state index in [-0.39, 0.29) is 6.04 Å². The Balaban J connectivity index is 1.56. The van der Waals surface area contributed by atoms with Crippen molar-refractivity contribution in [3.05, 3.63) is 133 Å². The predicted octanol–water partition coefficient (Wildman–Crippen LogP) is 8.38. The summed E-state index contributed by atoms with van der Waals surface area (Å²) in [6.07, 6.45) is 7.11. The molecule has 4 aromatic rings. The lowest BCUT2D eigenvalue weighted by atomic mass is 9.78. The molecule has 3 aromatic carbocycles.